The van der Waals surface area contributed by atoms with E-state index < -0.39 is 0 Å². The third-order valence-corrected chi connectivity index (χ3v) is 1.40. The highest BCUT2D eigenvalue weighted by atomic mass is 15.0. The summed E-state index contributed by atoms with van der Waals surface area (Å²) in [5, 5.41) is 3.38. The topological polar surface area (TPSA) is 12.0 Å². The second kappa shape index (κ2) is 1.59. The van der Waals surface area contributed by atoms with E-state index in [1.165, 1.54) is 0 Å². The van der Waals surface area contributed by atoms with Crippen molar-refractivity contribution in [3.05, 3.63) is 12.2 Å². The van der Waals surface area contributed by atoms with Gasteiger partial charge in [-0.1, -0.05) is 12.2 Å². The Labute approximate surface area is 50.8 Å². The van der Waals surface area contributed by atoms with Gasteiger partial charge in [-0.25, -0.2) is 0 Å². The second-order valence-electron chi connectivity index (χ2n) is 3.01. The summed E-state index contributed by atoms with van der Waals surface area (Å²) in [6, 6.07) is 0.560. The fourth-order valence-electron chi connectivity index (χ4n) is 1.07. The zero-order valence-electron chi connectivity index (χ0n) is 5.73. The molecule has 0 aliphatic carbocycles. The van der Waals surface area contributed by atoms with Crippen molar-refractivity contribution in [2.24, 2.45) is 0 Å². The van der Waals surface area contributed by atoms with Gasteiger partial charge in [0, 0.05) is 11.6 Å². The molecule has 1 aliphatic heterocycles. The quantitative estimate of drug-likeness (QED) is 0.465. The smallest absolute Gasteiger partial charge is 0.0312 e. The number of hydrogen-bond donors (Lipinski definition) is 1. The molecule has 0 bridgehead atoms. The van der Waals surface area contributed by atoms with Crippen molar-refractivity contribution >= 4 is 0 Å². The van der Waals surface area contributed by atoms with Crippen LogP contribution in [0.15, 0.2) is 12.2 Å². The lowest BCUT2D eigenvalue weighted by Gasteiger charge is -2.17. The molecular weight excluding hydrogens is 98.1 g/mol. The standard InChI is InChI=1S/C7H13N/c1-6-4-5-7(2,3)8-6/h4-6,8H,1-3H3. The molecule has 0 radical (unpaired) electrons. The highest BCUT2D eigenvalue weighted by Gasteiger charge is 2.19. The molecule has 1 N–H and O–H groups in total. The van der Waals surface area contributed by atoms with E-state index in [9.17, 15) is 0 Å². The van der Waals surface area contributed by atoms with E-state index in [1.54, 1.807) is 0 Å². The van der Waals surface area contributed by atoms with Crippen LogP contribution in [0.5, 0.6) is 0 Å². The van der Waals surface area contributed by atoms with Gasteiger partial charge >= 0.3 is 0 Å². The number of hydrogen-bond acceptors (Lipinski definition) is 1. The van der Waals surface area contributed by atoms with E-state index >= 15 is 0 Å². The van der Waals surface area contributed by atoms with Crippen LogP contribution in [0.1, 0.15) is 20.8 Å². The van der Waals surface area contributed by atoms with Gasteiger partial charge in [-0.05, 0) is 20.8 Å². The zero-order chi connectivity index (χ0) is 6.20. The van der Waals surface area contributed by atoms with Crippen molar-refractivity contribution in [2.75, 3.05) is 0 Å². The van der Waals surface area contributed by atoms with Crippen LogP contribution >= 0.6 is 0 Å². The summed E-state index contributed by atoms with van der Waals surface area (Å²) in [4.78, 5) is 0. The normalized spacial score (nSPS) is 33.6. The van der Waals surface area contributed by atoms with Crippen LogP contribution in [0.25, 0.3) is 0 Å². The highest BCUT2D eigenvalue weighted by Crippen LogP contribution is 2.12. The molecule has 0 fully saturated rings. The van der Waals surface area contributed by atoms with E-state index in [1.807, 2.05) is 0 Å². The predicted octanol–water partition coefficient (Wildman–Crippen LogP) is 1.31. The molecule has 0 aromatic carbocycles. The summed E-state index contributed by atoms with van der Waals surface area (Å²) in [5.41, 5.74) is 0.236. The molecule has 0 saturated heterocycles. The lowest BCUT2D eigenvalue weighted by Crippen LogP contribution is -2.36. The third kappa shape index (κ3) is 1.10. The van der Waals surface area contributed by atoms with Crippen LogP contribution in [0, 0.1) is 0 Å². The highest BCUT2D eigenvalue weighted by molar-refractivity contribution is 5.12. The predicted molar refractivity (Wildman–Crippen MR) is 35.8 cm³/mol. The summed E-state index contributed by atoms with van der Waals surface area (Å²) >= 11 is 0. The molecule has 0 saturated carbocycles. The lowest BCUT2D eigenvalue weighted by molar-refractivity contribution is 0.483. The zero-order valence-corrected chi connectivity index (χ0v) is 5.73. The monoisotopic (exact) mass is 111 g/mol. The first-order valence-electron chi connectivity index (χ1n) is 3.07. The Hall–Kier alpha value is -0.300. The number of nitrogens with one attached hydrogen (secondary N) is 1. The van der Waals surface area contributed by atoms with Gasteiger partial charge in [-0.15, -0.1) is 0 Å². The summed E-state index contributed by atoms with van der Waals surface area (Å²) in [7, 11) is 0. The Morgan fingerprint density at radius 3 is 2.25 bits per heavy atom. The minimum Gasteiger partial charge on any atom is -0.302 e. The first-order valence-corrected chi connectivity index (χ1v) is 3.07. The molecule has 46 valence electrons. The molecule has 1 unspecified atom stereocenters. The molecule has 1 atom stereocenters. The Morgan fingerprint density at radius 1 is 1.50 bits per heavy atom. The van der Waals surface area contributed by atoms with Crippen LogP contribution < -0.4 is 5.32 Å². The van der Waals surface area contributed by atoms with E-state index in [4.69, 9.17) is 0 Å². The minimum atomic E-state index is 0.236. The van der Waals surface area contributed by atoms with Crippen molar-refractivity contribution in [3.8, 4) is 0 Å². The maximum Gasteiger partial charge on any atom is 0.0312 e. The average molecular weight is 111 g/mol. The Bertz CT molecular complexity index is 114. The third-order valence-electron chi connectivity index (χ3n) is 1.40. The van der Waals surface area contributed by atoms with Crippen LogP contribution in [0.3, 0.4) is 0 Å². The molecule has 0 aromatic rings. The number of rotatable bonds is 0. The van der Waals surface area contributed by atoms with E-state index in [0.29, 0.717) is 6.04 Å². The van der Waals surface area contributed by atoms with Gasteiger partial charge in [0.05, 0.1) is 0 Å². The maximum absolute atomic E-state index is 3.38. The molecule has 1 aliphatic rings. The second-order valence-corrected chi connectivity index (χ2v) is 3.01. The van der Waals surface area contributed by atoms with Crippen LogP contribution in [0.2, 0.25) is 0 Å². The summed E-state index contributed by atoms with van der Waals surface area (Å²) in [6.07, 6.45) is 4.40. The van der Waals surface area contributed by atoms with Gasteiger partial charge in [-0.3, -0.25) is 0 Å². The first kappa shape index (κ1) is 5.83. The molecule has 1 rings (SSSR count). The summed E-state index contributed by atoms with van der Waals surface area (Å²) in [6.45, 7) is 6.51. The minimum absolute atomic E-state index is 0.236. The van der Waals surface area contributed by atoms with Gasteiger partial charge in [0.25, 0.3) is 0 Å². The fraction of sp³-hybridized carbons (Fsp3) is 0.714. The molecule has 0 aromatic heterocycles. The summed E-state index contributed by atoms with van der Waals surface area (Å²) in [5.74, 6) is 0. The van der Waals surface area contributed by atoms with Crippen LogP contribution in [-0.4, -0.2) is 11.6 Å². The van der Waals surface area contributed by atoms with E-state index in [2.05, 4.69) is 38.2 Å². The Balaban J connectivity index is 2.58. The molecule has 8 heavy (non-hydrogen) atoms. The van der Waals surface area contributed by atoms with Crippen molar-refractivity contribution in [2.45, 2.75) is 32.4 Å². The van der Waals surface area contributed by atoms with Crippen molar-refractivity contribution < 1.29 is 0 Å². The van der Waals surface area contributed by atoms with Crippen molar-refractivity contribution in [3.63, 3.8) is 0 Å². The Morgan fingerprint density at radius 2 is 2.12 bits per heavy atom. The van der Waals surface area contributed by atoms with E-state index in [0.717, 1.165) is 0 Å². The molecule has 1 nitrogen and oxygen atoms in total. The van der Waals surface area contributed by atoms with Crippen molar-refractivity contribution in [1.82, 2.24) is 5.32 Å². The average Bonchev–Trinajstić information content (AvgIpc) is 1.82. The molecule has 0 spiro atoms. The Kier molecular flexibility index (Phi) is 1.16. The molecule has 0 amide bonds. The van der Waals surface area contributed by atoms with Crippen LogP contribution in [0.4, 0.5) is 0 Å². The molecular formula is C7H13N. The fourth-order valence-corrected chi connectivity index (χ4v) is 1.07. The first-order chi connectivity index (χ1) is 3.60. The molecule has 1 heteroatoms. The van der Waals surface area contributed by atoms with Gasteiger partial charge in [0.15, 0.2) is 0 Å². The summed E-state index contributed by atoms with van der Waals surface area (Å²) < 4.78 is 0. The van der Waals surface area contributed by atoms with E-state index in [-0.39, 0.29) is 5.54 Å². The SMILES string of the molecule is CC1C=CC(C)(C)N1. The molecule has 1 heterocycles. The van der Waals surface area contributed by atoms with Gasteiger partial charge in [0.1, 0.15) is 0 Å². The largest absolute Gasteiger partial charge is 0.302 e. The van der Waals surface area contributed by atoms with Gasteiger partial charge in [-0.2, -0.15) is 0 Å². The van der Waals surface area contributed by atoms with Crippen molar-refractivity contribution in [1.29, 1.82) is 0 Å². The van der Waals surface area contributed by atoms with Crippen LogP contribution in [-0.2, 0) is 0 Å². The van der Waals surface area contributed by atoms with Gasteiger partial charge in [0.2, 0.25) is 0 Å². The lowest BCUT2D eigenvalue weighted by atomic mass is 10.1. The van der Waals surface area contributed by atoms with Gasteiger partial charge < -0.3 is 5.32 Å². The maximum atomic E-state index is 3.38.